The molecule has 9 nitrogen and oxygen atoms in total. The molecule has 23 heavy (non-hydrogen) atoms. The summed E-state index contributed by atoms with van der Waals surface area (Å²) >= 11 is 0. The Morgan fingerprint density at radius 1 is 1.17 bits per heavy atom. The Bertz CT molecular complexity index is 698. The maximum absolute atomic E-state index is 11.9. The fraction of sp³-hybridized carbons (Fsp3) is 0.143. The van der Waals surface area contributed by atoms with Crippen molar-refractivity contribution >= 4 is 29.2 Å². The van der Waals surface area contributed by atoms with Crippen molar-refractivity contribution in [2.24, 2.45) is 5.73 Å². The Kier molecular flexibility index (Phi) is 5.29. The molecule has 0 bridgehead atoms. The Balaban J connectivity index is 1.90. The van der Waals surface area contributed by atoms with Crippen molar-refractivity contribution in [3.63, 3.8) is 0 Å². The van der Waals surface area contributed by atoms with E-state index >= 15 is 0 Å². The summed E-state index contributed by atoms with van der Waals surface area (Å²) in [5.74, 6) is -0.834. The van der Waals surface area contributed by atoms with Gasteiger partial charge in [-0.2, -0.15) is 0 Å². The highest BCUT2D eigenvalue weighted by Crippen LogP contribution is 2.15. The van der Waals surface area contributed by atoms with Gasteiger partial charge in [-0.05, 0) is 18.2 Å². The number of primary amides is 1. The van der Waals surface area contributed by atoms with Gasteiger partial charge in [0.15, 0.2) is 0 Å². The van der Waals surface area contributed by atoms with E-state index in [-0.39, 0.29) is 18.9 Å². The fourth-order valence-electron chi connectivity index (χ4n) is 1.73. The number of carbonyl (C=O) groups excluding carboxylic acids is 3. The summed E-state index contributed by atoms with van der Waals surface area (Å²) in [5.41, 5.74) is 6.31. The van der Waals surface area contributed by atoms with Crippen LogP contribution in [0.15, 0.2) is 36.8 Å². The van der Waals surface area contributed by atoms with Crippen molar-refractivity contribution < 1.29 is 14.4 Å². The smallest absolute Gasteiger partial charge is 0.319 e. The van der Waals surface area contributed by atoms with Crippen molar-refractivity contribution in [3.05, 3.63) is 42.5 Å². The lowest BCUT2D eigenvalue weighted by atomic mass is 10.2. The molecular formula is C14H16N6O3. The average molecular weight is 316 g/mol. The number of urea groups is 1. The quantitative estimate of drug-likeness (QED) is 0.533. The number of hydrogen-bond acceptors (Lipinski definition) is 4. The molecule has 6 N–H and O–H groups in total. The molecule has 1 heterocycles. The van der Waals surface area contributed by atoms with Crippen LogP contribution in [0.5, 0.6) is 0 Å². The van der Waals surface area contributed by atoms with Gasteiger partial charge in [-0.25, -0.2) is 9.78 Å². The number of nitrogens with zero attached hydrogens (tertiary/aromatic N) is 1. The number of benzene rings is 1. The van der Waals surface area contributed by atoms with Crippen molar-refractivity contribution in [2.45, 2.75) is 6.42 Å². The van der Waals surface area contributed by atoms with Gasteiger partial charge in [0, 0.05) is 24.3 Å². The monoisotopic (exact) mass is 316 g/mol. The van der Waals surface area contributed by atoms with E-state index in [1.807, 2.05) is 0 Å². The number of aromatic nitrogens is 2. The maximum atomic E-state index is 11.9. The van der Waals surface area contributed by atoms with Crippen molar-refractivity contribution in [3.8, 4) is 0 Å². The Morgan fingerprint density at radius 3 is 2.57 bits per heavy atom. The van der Waals surface area contributed by atoms with E-state index < -0.39 is 11.9 Å². The second-order valence-electron chi connectivity index (χ2n) is 4.60. The van der Waals surface area contributed by atoms with Crippen LogP contribution in [0.4, 0.5) is 16.2 Å². The highest BCUT2D eigenvalue weighted by molar-refractivity contribution is 6.03. The number of hydrogen-bond donors (Lipinski definition) is 5. The summed E-state index contributed by atoms with van der Waals surface area (Å²) in [6.45, 7) is 0.150. The number of nitrogens with one attached hydrogen (secondary N) is 4. The van der Waals surface area contributed by atoms with Gasteiger partial charge < -0.3 is 26.7 Å². The van der Waals surface area contributed by atoms with Crippen LogP contribution in [-0.2, 0) is 4.79 Å². The highest BCUT2D eigenvalue weighted by atomic mass is 16.2. The van der Waals surface area contributed by atoms with Crippen LogP contribution in [-0.4, -0.2) is 34.4 Å². The number of carbonyl (C=O) groups is 3. The van der Waals surface area contributed by atoms with Gasteiger partial charge in [-0.1, -0.05) is 6.07 Å². The Hall–Kier alpha value is -3.36. The summed E-state index contributed by atoms with van der Waals surface area (Å²) in [6.07, 6.45) is 2.88. The summed E-state index contributed by atoms with van der Waals surface area (Å²) in [4.78, 5) is 40.6. The van der Waals surface area contributed by atoms with E-state index in [2.05, 4.69) is 25.9 Å². The van der Waals surface area contributed by atoms with Gasteiger partial charge in [0.2, 0.25) is 5.91 Å². The molecular weight excluding hydrogens is 300 g/mol. The second-order valence-corrected chi connectivity index (χ2v) is 4.60. The zero-order valence-electron chi connectivity index (χ0n) is 12.1. The predicted octanol–water partition coefficient (Wildman–Crippen LogP) is 0.659. The molecule has 0 saturated heterocycles. The number of aromatic amines is 1. The molecule has 2 rings (SSSR count). The van der Waals surface area contributed by atoms with Crippen molar-refractivity contribution in [1.82, 2.24) is 15.3 Å². The summed E-state index contributed by atoms with van der Waals surface area (Å²) in [5, 5.41) is 7.76. The molecule has 0 aliphatic rings. The summed E-state index contributed by atoms with van der Waals surface area (Å²) in [6, 6.07) is 6.16. The van der Waals surface area contributed by atoms with E-state index in [1.165, 1.54) is 12.5 Å². The topological polar surface area (TPSA) is 142 Å². The lowest BCUT2D eigenvalue weighted by molar-refractivity contribution is -0.117. The molecule has 0 aliphatic carbocycles. The fourth-order valence-corrected chi connectivity index (χ4v) is 1.73. The second kappa shape index (κ2) is 7.59. The van der Waals surface area contributed by atoms with Crippen LogP contribution in [0.3, 0.4) is 0 Å². The van der Waals surface area contributed by atoms with Crippen LogP contribution in [0, 0.1) is 0 Å². The van der Waals surface area contributed by atoms with Gasteiger partial charge in [-0.3, -0.25) is 9.59 Å². The minimum atomic E-state index is -0.492. The van der Waals surface area contributed by atoms with Crippen LogP contribution < -0.4 is 21.7 Å². The number of rotatable bonds is 6. The van der Waals surface area contributed by atoms with Crippen LogP contribution in [0.25, 0.3) is 0 Å². The molecule has 9 heteroatoms. The van der Waals surface area contributed by atoms with E-state index in [1.54, 1.807) is 24.3 Å². The minimum absolute atomic E-state index is 0.0632. The van der Waals surface area contributed by atoms with Crippen LogP contribution in [0.2, 0.25) is 0 Å². The SMILES string of the molecule is NC(=O)CCNC(=O)Nc1cccc(NC(=O)c2cnc[nH]2)c1. The third-order valence-electron chi connectivity index (χ3n) is 2.78. The van der Waals surface area contributed by atoms with Gasteiger partial charge >= 0.3 is 6.03 Å². The third-order valence-corrected chi connectivity index (χ3v) is 2.78. The Morgan fingerprint density at radius 2 is 1.91 bits per heavy atom. The first-order valence-corrected chi connectivity index (χ1v) is 6.77. The average Bonchev–Trinajstić information content (AvgIpc) is 3.01. The van der Waals surface area contributed by atoms with Gasteiger partial charge in [-0.15, -0.1) is 0 Å². The first kappa shape index (κ1) is 16.0. The molecule has 0 radical (unpaired) electrons. The highest BCUT2D eigenvalue weighted by Gasteiger charge is 2.08. The van der Waals surface area contributed by atoms with Crippen molar-refractivity contribution in [2.75, 3.05) is 17.2 Å². The standard InChI is InChI=1S/C14H16N6O3/c15-12(21)4-5-17-14(23)20-10-3-1-2-9(6-10)19-13(22)11-7-16-8-18-11/h1-3,6-8H,4-5H2,(H2,15,21)(H,16,18)(H,19,22)(H2,17,20,23). The van der Waals surface area contributed by atoms with Gasteiger partial charge in [0.1, 0.15) is 5.69 Å². The molecule has 1 aromatic carbocycles. The molecule has 0 aliphatic heterocycles. The number of amides is 4. The number of H-pyrrole nitrogens is 1. The number of anilines is 2. The molecule has 0 atom stereocenters. The molecule has 2 aromatic rings. The predicted molar refractivity (Wildman–Crippen MR) is 83.8 cm³/mol. The first-order valence-electron chi connectivity index (χ1n) is 6.77. The van der Waals surface area contributed by atoms with E-state index in [0.29, 0.717) is 17.1 Å². The largest absolute Gasteiger partial charge is 0.370 e. The van der Waals surface area contributed by atoms with E-state index in [4.69, 9.17) is 5.73 Å². The van der Waals surface area contributed by atoms with Crippen molar-refractivity contribution in [1.29, 1.82) is 0 Å². The molecule has 4 amide bonds. The maximum Gasteiger partial charge on any atom is 0.319 e. The van der Waals surface area contributed by atoms with Crippen LogP contribution >= 0.6 is 0 Å². The molecule has 0 fully saturated rings. The molecule has 0 spiro atoms. The van der Waals surface area contributed by atoms with Crippen LogP contribution in [0.1, 0.15) is 16.9 Å². The molecule has 120 valence electrons. The van der Waals surface area contributed by atoms with Gasteiger partial charge in [0.05, 0.1) is 12.5 Å². The zero-order valence-corrected chi connectivity index (χ0v) is 12.1. The summed E-state index contributed by atoms with van der Waals surface area (Å²) < 4.78 is 0. The summed E-state index contributed by atoms with van der Waals surface area (Å²) in [7, 11) is 0. The molecule has 1 aromatic heterocycles. The first-order chi connectivity index (χ1) is 11.0. The number of imidazole rings is 1. The lowest BCUT2D eigenvalue weighted by Gasteiger charge is -2.09. The minimum Gasteiger partial charge on any atom is -0.370 e. The van der Waals surface area contributed by atoms with Gasteiger partial charge in [0.25, 0.3) is 5.91 Å². The third kappa shape index (κ3) is 5.16. The molecule has 0 saturated carbocycles. The van der Waals surface area contributed by atoms with E-state index in [0.717, 1.165) is 0 Å². The zero-order chi connectivity index (χ0) is 16.7. The normalized spacial score (nSPS) is 9.91. The number of nitrogens with two attached hydrogens (primary N) is 1. The molecule has 0 unspecified atom stereocenters. The van der Waals surface area contributed by atoms with E-state index in [9.17, 15) is 14.4 Å². The Labute approximate surface area is 131 Å². The lowest BCUT2D eigenvalue weighted by Crippen LogP contribution is -2.31.